The normalized spacial score (nSPS) is 10.5. The van der Waals surface area contributed by atoms with Crippen LogP contribution in [-0.4, -0.2) is 23.3 Å². The lowest BCUT2D eigenvalue weighted by molar-refractivity contribution is -0.120. The Hall–Kier alpha value is -2.00. The van der Waals surface area contributed by atoms with Crippen molar-refractivity contribution in [1.29, 1.82) is 0 Å². The molecular formula is C17H14IN3O2S. The van der Waals surface area contributed by atoms with Gasteiger partial charge in [-0.15, -0.1) is 11.3 Å². The molecule has 5 nitrogen and oxygen atoms in total. The Labute approximate surface area is 156 Å². The number of rotatable bonds is 5. The number of fused-ring (bicyclic) bond motifs is 1. The first-order valence-electron chi connectivity index (χ1n) is 7.27. The second kappa shape index (κ2) is 7.71. The average Bonchev–Trinajstić information content (AvgIpc) is 3.01. The molecule has 24 heavy (non-hydrogen) atoms. The van der Waals surface area contributed by atoms with E-state index in [0.29, 0.717) is 12.1 Å². The highest BCUT2D eigenvalue weighted by Gasteiger charge is 2.11. The van der Waals surface area contributed by atoms with E-state index in [1.165, 1.54) is 0 Å². The van der Waals surface area contributed by atoms with Gasteiger partial charge in [0.1, 0.15) is 5.01 Å². The Morgan fingerprint density at radius 1 is 1.04 bits per heavy atom. The molecule has 3 aromatic rings. The smallest absolute Gasteiger partial charge is 0.252 e. The Bertz CT molecular complexity index is 861. The Kier molecular flexibility index (Phi) is 5.41. The molecule has 3 rings (SSSR count). The minimum Gasteiger partial charge on any atom is -0.348 e. The second-order valence-electron chi connectivity index (χ2n) is 5.01. The molecule has 0 aliphatic carbocycles. The van der Waals surface area contributed by atoms with Crippen LogP contribution in [0.25, 0.3) is 10.2 Å². The number of nitrogens with one attached hydrogen (secondary N) is 2. The number of carbonyl (C=O) groups excluding carboxylic acids is 2. The number of amides is 2. The number of thiazole rings is 1. The van der Waals surface area contributed by atoms with Crippen molar-refractivity contribution < 1.29 is 9.59 Å². The monoisotopic (exact) mass is 451 g/mol. The lowest BCUT2D eigenvalue weighted by atomic mass is 10.2. The summed E-state index contributed by atoms with van der Waals surface area (Å²) < 4.78 is 1.94. The van der Waals surface area contributed by atoms with E-state index in [0.717, 1.165) is 18.8 Å². The van der Waals surface area contributed by atoms with Crippen LogP contribution in [0.5, 0.6) is 0 Å². The number of hydrogen-bond donors (Lipinski definition) is 2. The summed E-state index contributed by atoms with van der Waals surface area (Å²) in [4.78, 5) is 28.4. The van der Waals surface area contributed by atoms with Gasteiger partial charge in [0.2, 0.25) is 5.91 Å². The number of carbonyl (C=O) groups is 2. The third-order valence-corrected chi connectivity index (χ3v) is 5.28. The highest BCUT2D eigenvalue weighted by Crippen LogP contribution is 2.21. The second-order valence-corrected chi connectivity index (χ2v) is 7.29. The molecule has 0 saturated carbocycles. The van der Waals surface area contributed by atoms with Gasteiger partial charge in [0.25, 0.3) is 5.91 Å². The average molecular weight is 451 g/mol. The lowest BCUT2D eigenvalue weighted by Crippen LogP contribution is -2.36. The van der Waals surface area contributed by atoms with E-state index in [2.05, 4.69) is 38.2 Å². The highest BCUT2D eigenvalue weighted by atomic mass is 127. The zero-order valence-corrected chi connectivity index (χ0v) is 15.6. The Balaban J connectivity index is 1.51. The van der Waals surface area contributed by atoms with Crippen LogP contribution >= 0.6 is 33.9 Å². The van der Waals surface area contributed by atoms with E-state index >= 15 is 0 Å². The van der Waals surface area contributed by atoms with Gasteiger partial charge < -0.3 is 10.6 Å². The Morgan fingerprint density at radius 2 is 1.79 bits per heavy atom. The first kappa shape index (κ1) is 16.8. The highest BCUT2D eigenvalue weighted by molar-refractivity contribution is 14.1. The van der Waals surface area contributed by atoms with Crippen LogP contribution < -0.4 is 10.6 Å². The van der Waals surface area contributed by atoms with E-state index < -0.39 is 0 Å². The van der Waals surface area contributed by atoms with Gasteiger partial charge in [0, 0.05) is 3.57 Å². The zero-order valence-electron chi connectivity index (χ0n) is 12.6. The molecule has 0 bridgehead atoms. The summed E-state index contributed by atoms with van der Waals surface area (Å²) >= 11 is 3.64. The van der Waals surface area contributed by atoms with Gasteiger partial charge in [0.05, 0.1) is 28.9 Å². The van der Waals surface area contributed by atoms with Gasteiger partial charge in [-0.1, -0.05) is 24.3 Å². The van der Waals surface area contributed by atoms with Crippen molar-refractivity contribution in [1.82, 2.24) is 15.6 Å². The minimum atomic E-state index is -0.255. The van der Waals surface area contributed by atoms with Gasteiger partial charge in [0.15, 0.2) is 0 Å². The zero-order chi connectivity index (χ0) is 16.9. The third-order valence-electron chi connectivity index (χ3n) is 3.30. The topological polar surface area (TPSA) is 71.1 Å². The van der Waals surface area contributed by atoms with Crippen LogP contribution in [-0.2, 0) is 11.3 Å². The molecule has 0 saturated heterocycles. The number of para-hydroxylation sites is 1. The molecule has 0 radical (unpaired) electrons. The van der Waals surface area contributed by atoms with Gasteiger partial charge in [-0.05, 0) is 46.9 Å². The van der Waals surface area contributed by atoms with Crippen LogP contribution in [0.15, 0.2) is 48.5 Å². The maximum absolute atomic E-state index is 12.1. The summed E-state index contributed by atoms with van der Waals surface area (Å²) in [6.07, 6.45) is 0. The molecule has 1 heterocycles. The van der Waals surface area contributed by atoms with E-state index in [1.807, 2.05) is 36.4 Å². The molecule has 0 aliphatic rings. The van der Waals surface area contributed by atoms with Crippen LogP contribution in [0.2, 0.25) is 0 Å². The molecular weight excluding hydrogens is 437 g/mol. The van der Waals surface area contributed by atoms with Crippen molar-refractivity contribution in [2.45, 2.75) is 6.54 Å². The van der Waals surface area contributed by atoms with Crippen molar-refractivity contribution in [3.8, 4) is 0 Å². The van der Waals surface area contributed by atoms with Crippen molar-refractivity contribution >= 4 is 56.0 Å². The molecule has 2 amide bonds. The fourth-order valence-electron chi connectivity index (χ4n) is 2.13. The predicted molar refractivity (Wildman–Crippen MR) is 103 cm³/mol. The van der Waals surface area contributed by atoms with Crippen molar-refractivity contribution in [2.75, 3.05) is 6.54 Å². The first-order chi connectivity index (χ1) is 11.6. The van der Waals surface area contributed by atoms with Gasteiger partial charge in [-0.25, -0.2) is 4.98 Å². The summed E-state index contributed by atoms with van der Waals surface area (Å²) in [5.41, 5.74) is 1.50. The molecule has 122 valence electrons. The predicted octanol–water partition coefficient (Wildman–Crippen LogP) is 2.95. The number of aromatic nitrogens is 1. The molecule has 0 fully saturated rings. The van der Waals surface area contributed by atoms with Crippen LogP contribution in [0.4, 0.5) is 0 Å². The lowest BCUT2D eigenvalue weighted by Gasteiger charge is -2.07. The minimum absolute atomic E-state index is 0.0608. The summed E-state index contributed by atoms with van der Waals surface area (Å²) in [7, 11) is 0. The van der Waals surface area contributed by atoms with Crippen LogP contribution in [0.3, 0.4) is 0 Å². The molecule has 0 unspecified atom stereocenters. The molecule has 0 spiro atoms. The van der Waals surface area contributed by atoms with E-state index in [4.69, 9.17) is 0 Å². The molecule has 0 aliphatic heterocycles. The van der Waals surface area contributed by atoms with Crippen LogP contribution in [0, 0.1) is 3.57 Å². The fraction of sp³-hybridized carbons (Fsp3) is 0.118. The number of halogens is 1. The molecule has 2 aromatic carbocycles. The van der Waals surface area contributed by atoms with E-state index in [9.17, 15) is 9.59 Å². The number of hydrogen-bond acceptors (Lipinski definition) is 4. The summed E-state index contributed by atoms with van der Waals surface area (Å²) in [6.45, 7) is 0.297. The van der Waals surface area contributed by atoms with Gasteiger partial charge >= 0.3 is 0 Å². The fourth-order valence-corrected chi connectivity index (χ4v) is 3.67. The SMILES string of the molecule is O=C(CNC(=O)c1ccccc1I)NCc1nc2ccccc2s1. The third kappa shape index (κ3) is 4.09. The summed E-state index contributed by atoms with van der Waals surface area (Å²) in [6, 6.07) is 15.1. The largest absolute Gasteiger partial charge is 0.348 e. The summed E-state index contributed by atoms with van der Waals surface area (Å²) in [5.74, 6) is -0.497. The maximum atomic E-state index is 12.1. The first-order valence-corrected chi connectivity index (χ1v) is 9.17. The molecule has 7 heteroatoms. The molecule has 2 N–H and O–H groups in total. The van der Waals surface area contributed by atoms with E-state index in [-0.39, 0.29) is 18.4 Å². The summed E-state index contributed by atoms with van der Waals surface area (Å²) in [5, 5.41) is 6.24. The molecule has 1 aromatic heterocycles. The van der Waals surface area contributed by atoms with Gasteiger partial charge in [-0.3, -0.25) is 9.59 Å². The quantitative estimate of drug-likeness (QED) is 0.587. The van der Waals surface area contributed by atoms with Crippen molar-refractivity contribution in [3.63, 3.8) is 0 Å². The molecule has 0 atom stereocenters. The Morgan fingerprint density at radius 3 is 2.58 bits per heavy atom. The van der Waals surface area contributed by atoms with Gasteiger partial charge in [-0.2, -0.15) is 0 Å². The number of benzene rings is 2. The van der Waals surface area contributed by atoms with Crippen molar-refractivity contribution in [3.05, 3.63) is 62.7 Å². The maximum Gasteiger partial charge on any atom is 0.252 e. The standard InChI is InChI=1S/C17H14IN3O2S/c18-12-6-2-1-5-11(12)17(23)20-9-15(22)19-10-16-21-13-7-3-4-8-14(13)24-16/h1-8H,9-10H2,(H,19,22)(H,20,23). The van der Waals surface area contributed by atoms with E-state index in [1.54, 1.807) is 23.5 Å². The van der Waals surface area contributed by atoms with Crippen molar-refractivity contribution in [2.24, 2.45) is 0 Å². The van der Waals surface area contributed by atoms with Crippen LogP contribution in [0.1, 0.15) is 15.4 Å². The number of nitrogens with zero attached hydrogens (tertiary/aromatic N) is 1.